The van der Waals surface area contributed by atoms with Crippen molar-refractivity contribution in [2.45, 2.75) is 20.3 Å². The Morgan fingerprint density at radius 1 is 1.14 bits per heavy atom. The van der Waals surface area contributed by atoms with Gasteiger partial charge >= 0.3 is 0 Å². The van der Waals surface area contributed by atoms with Gasteiger partial charge in [0.1, 0.15) is 11.4 Å². The molecule has 0 saturated heterocycles. The molecule has 4 heteroatoms. The van der Waals surface area contributed by atoms with Gasteiger partial charge in [-0.3, -0.25) is 4.79 Å². The maximum Gasteiger partial charge on any atom is 0.270 e. The van der Waals surface area contributed by atoms with Crippen LogP contribution < -0.4 is 10.3 Å². The SMILES string of the molecule is COc1cccc(Cc2nc3cc(C)c(C)cc3[nH]c2=O)c1. The first-order valence-electron chi connectivity index (χ1n) is 7.20. The lowest BCUT2D eigenvalue weighted by Gasteiger charge is -2.07. The number of hydrogen-bond acceptors (Lipinski definition) is 3. The highest BCUT2D eigenvalue weighted by molar-refractivity contribution is 5.76. The molecule has 2 aromatic carbocycles. The number of rotatable bonds is 3. The second-order valence-corrected chi connectivity index (χ2v) is 5.49. The van der Waals surface area contributed by atoms with Crippen molar-refractivity contribution in [2.24, 2.45) is 0 Å². The molecule has 0 amide bonds. The molecule has 0 unspecified atom stereocenters. The Bertz CT molecular complexity index is 897. The highest BCUT2D eigenvalue weighted by Crippen LogP contribution is 2.17. The van der Waals surface area contributed by atoms with Crippen molar-refractivity contribution < 1.29 is 4.74 Å². The van der Waals surface area contributed by atoms with Crippen molar-refractivity contribution in [3.05, 3.63) is 69.1 Å². The molecule has 1 N–H and O–H groups in total. The third-order valence-corrected chi connectivity index (χ3v) is 3.88. The minimum atomic E-state index is -0.140. The van der Waals surface area contributed by atoms with Gasteiger partial charge in [0.25, 0.3) is 5.56 Å². The molecule has 0 fully saturated rings. The highest BCUT2D eigenvalue weighted by atomic mass is 16.5. The van der Waals surface area contributed by atoms with E-state index in [2.05, 4.69) is 9.97 Å². The molecule has 0 radical (unpaired) electrons. The summed E-state index contributed by atoms with van der Waals surface area (Å²) in [4.78, 5) is 19.7. The molecular formula is C18H18N2O2. The summed E-state index contributed by atoms with van der Waals surface area (Å²) >= 11 is 0. The summed E-state index contributed by atoms with van der Waals surface area (Å²) in [5, 5.41) is 0. The molecule has 0 aliphatic carbocycles. The number of nitrogens with one attached hydrogen (secondary N) is 1. The van der Waals surface area contributed by atoms with Crippen molar-refractivity contribution in [3.8, 4) is 5.75 Å². The summed E-state index contributed by atoms with van der Waals surface area (Å²) < 4.78 is 5.22. The number of methoxy groups -OCH3 is 1. The number of aryl methyl sites for hydroxylation is 2. The van der Waals surface area contributed by atoms with Gasteiger partial charge in [0, 0.05) is 6.42 Å². The van der Waals surface area contributed by atoms with Gasteiger partial charge in [0.05, 0.1) is 18.1 Å². The van der Waals surface area contributed by atoms with Gasteiger partial charge in [0.15, 0.2) is 0 Å². The Balaban J connectivity index is 2.05. The van der Waals surface area contributed by atoms with Crippen LogP contribution in [0.1, 0.15) is 22.4 Å². The monoisotopic (exact) mass is 294 g/mol. The third kappa shape index (κ3) is 2.72. The van der Waals surface area contributed by atoms with E-state index in [-0.39, 0.29) is 5.56 Å². The first-order valence-corrected chi connectivity index (χ1v) is 7.20. The van der Waals surface area contributed by atoms with Crippen LogP contribution in [0.25, 0.3) is 11.0 Å². The zero-order valence-electron chi connectivity index (χ0n) is 12.9. The second-order valence-electron chi connectivity index (χ2n) is 5.49. The van der Waals surface area contributed by atoms with Crippen LogP contribution in [0.5, 0.6) is 5.75 Å². The molecule has 3 aromatic rings. The molecule has 0 aliphatic rings. The summed E-state index contributed by atoms with van der Waals surface area (Å²) in [5.74, 6) is 0.779. The number of hydrogen-bond donors (Lipinski definition) is 1. The summed E-state index contributed by atoms with van der Waals surface area (Å²) in [7, 11) is 1.63. The predicted octanol–water partition coefficient (Wildman–Crippen LogP) is 3.14. The van der Waals surface area contributed by atoms with Gasteiger partial charge in [0.2, 0.25) is 0 Å². The second kappa shape index (κ2) is 5.64. The fourth-order valence-corrected chi connectivity index (χ4v) is 2.48. The molecule has 0 atom stereocenters. The van der Waals surface area contributed by atoms with Crippen LogP contribution in [0.3, 0.4) is 0 Å². The van der Waals surface area contributed by atoms with Crippen LogP contribution in [0.4, 0.5) is 0 Å². The number of fused-ring (bicyclic) bond motifs is 1. The van der Waals surface area contributed by atoms with Gasteiger partial charge in [-0.25, -0.2) is 4.98 Å². The van der Waals surface area contributed by atoms with Crippen LogP contribution in [-0.2, 0) is 6.42 Å². The lowest BCUT2D eigenvalue weighted by molar-refractivity contribution is 0.414. The topological polar surface area (TPSA) is 55.0 Å². The average Bonchev–Trinajstić information content (AvgIpc) is 2.50. The quantitative estimate of drug-likeness (QED) is 0.807. The fraction of sp³-hybridized carbons (Fsp3) is 0.222. The van der Waals surface area contributed by atoms with Crippen molar-refractivity contribution >= 4 is 11.0 Å². The standard InChI is InChI=1S/C18H18N2O2/c1-11-7-15-16(8-12(11)2)20-18(21)17(19-15)10-13-5-4-6-14(9-13)22-3/h4-9H,10H2,1-3H3,(H,20,21). The van der Waals surface area contributed by atoms with Crippen molar-refractivity contribution in [1.82, 2.24) is 9.97 Å². The zero-order valence-corrected chi connectivity index (χ0v) is 12.9. The average molecular weight is 294 g/mol. The largest absolute Gasteiger partial charge is 0.497 e. The van der Waals surface area contributed by atoms with Crippen LogP contribution in [0.15, 0.2) is 41.2 Å². The van der Waals surface area contributed by atoms with Crippen LogP contribution in [-0.4, -0.2) is 17.1 Å². The maximum absolute atomic E-state index is 12.2. The maximum atomic E-state index is 12.2. The Morgan fingerprint density at radius 2 is 1.91 bits per heavy atom. The van der Waals surface area contributed by atoms with E-state index in [0.717, 1.165) is 27.9 Å². The molecule has 0 spiro atoms. The van der Waals surface area contributed by atoms with Gasteiger partial charge in [-0.05, 0) is 54.8 Å². The molecule has 22 heavy (non-hydrogen) atoms. The third-order valence-electron chi connectivity index (χ3n) is 3.88. The Hall–Kier alpha value is -2.62. The summed E-state index contributed by atoms with van der Waals surface area (Å²) in [6.45, 7) is 4.07. The van der Waals surface area contributed by atoms with Gasteiger partial charge < -0.3 is 9.72 Å². The lowest BCUT2D eigenvalue weighted by atomic mass is 10.1. The predicted molar refractivity (Wildman–Crippen MR) is 87.6 cm³/mol. The lowest BCUT2D eigenvalue weighted by Crippen LogP contribution is -2.15. The minimum absolute atomic E-state index is 0.140. The molecule has 1 heterocycles. The number of aromatic amines is 1. The number of nitrogens with zero attached hydrogens (tertiary/aromatic N) is 1. The van der Waals surface area contributed by atoms with Crippen LogP contribution >= 0.6 is 0 Å². The van der Waals surface area contributed by atoms with E-state index in [1.165, 1.54) is 5.56 Å². The minimum Gasteiger partial charge on any atom is -0.497 e. The van der Waals surface area contributed by atoms with Crippen molar-refractivity contribution in [3.63, 3.8) is 0 Å². The number of benzene rings is 2. The smallest absolute Gasteiger partial charge is 0.270 e. The van der Waals surface area contributed by atoms with Gasteiger partial charge in [-0.1, -0.05) is 12.1 Å². The van der Waals surface area contributed by atoms with E-state index in [1.54, 1.807) is 7.11 Å². The van der Waals surface area contributed by atoms with E-state index in [1.807, 2.05) is 50.2 Å². The Morgan fingerprint density at radius 3 is 2.68 bits per heavy atom. The Labute approximate surface area is 128 Å². The summed E-state index contributed by atoms with van der Waals surface area (Å²) in [6, 6.07) is 11.7. The molecule has 0 saturated carbocycles. The van der Waals surface area contributed by atoms with E-state index in [0.29, 0.717) is 12.1 Å². The van der Waals surface area contributed by atoms with Gasteiger partial charge in [-0.15, -0.1) is 0 Å². The van der Waals surface area contributed by atoms with E-state index in [9.17, 15) is 4.79 Å². The highest BCUT2D eigenvalue weighted by Gasteiger charge is 2.08. The first-order chi connectivity index (χ1) is 10.6. The molecular weight excluding hydrogens is 276 g/mol. The van der Waals surface area contributed by atoms with E-state index < -0.39 is 0 Å². The van der Waals surface area contributed by atoms with Crippen LogP contribution in [0, 0.1) is 13.8 Å². The Kier molecular flexibility index (Phi) is 3.67. The summed E-state index contributed by atoms with van der Waals surface area (Å²) in [6.07, 6.45) is 0.482. The summed E-state index contributed by atoms with van der Waals surface area (Å²) in [5.41, 5.74) is 5.29. The zero-order chi connectivity index (χ0) is 15.7. The molecule has 112 valence electrons. The first kappa shape index (κ1) is 14.3. The molecule has 0 bridgehead atoms. The molecule has 1 aromatic heterocycles. The van der Waals surface area contributed by atoms with Gasteiger partial charge in [-0.2, -0.15) is 0 Å². The van der Waals surface area contributed by atoms with Crippen LogP contribution in [0.2, 0.25) is 0 Å². The normalized spacial score (nSPS) is 10.9. The fourth-order valence-electron chi connectivity index (χ4n) is 2.48. The van der Waals surface area contributed by atoms with Crippen molar-refractivity contribution in [1.29, 1.82) is 0 Å². The van der Waals surface area contributed by atoms with E-state index in [4.69, 9.17) is 4.74 Å². The number of H-pyrrole nitrogens is 1. The van der Waals surface area contributed by atoms with E-state index >= 15 is 0 Å². The molecule has 4 nitrogen and oxygen atoms in total. The molecule has 0 aliphatic heterocycles. The number of aromatic nitrogens is 2. The molecule has 3 rings (SSSR count). The van der Waals surface area contributed by atoms with Crippen molar-refractivity contribution in [2.75, 3.05) is 7.11 Å². The number of ether oxygens (including phenoxy) is 1.